The molecule has 2 aromatic rings. The van der Waals surface area contributed by atoms with Crippen LogP contribution >= 0.6 is 15.9 Å². The van der Waals surface area contributed by atoms with E-state index in [1.54, 1.807) is 6.92 Å². The molecule has 2 nitrogen and oxygen atoms in total. The number of nitrogens with zero attached hydrogens (tertiary/aromatic N) is 1. The van der Waals surface area contributed by atoms with Crippen LogP contribution in [0.2, 0.25) is 0 Å². The summed E-state index contributed by atoms with van der Waals surface area (Å²) in [5, 5.41) is 0. The van der Waals surface area contributed by atoms with Crippen molar-refractivity contribution in [1.29, 1.82) is 0 Å². The number of halogens is 1. The number of rotatable bonds is 2. The summed E-state index contributed by atoms with van der Waals surface area (Å²) in [6.07, 6.45) is 2.29. The molecule has 0 amide bonds. The zero-order chi connectivity index (χ0) is 15.0. The van der Waals surface area contributed by atoms with Crippen molar-refractivity contribution in [2.45, 2.75) is 26.7 Å². The van der Waals surface area contributed by atoms with Gasteiger partial charge in [0.05, 0.1) is 0 Å². The molecule has 0 saturated carbocycles. The third-order valence-corrected chi connectivity index (χ3v) is 4.65. The first kappa shape index (κ1) is 14.3. The van der Waals surface area contributed by atoms with Crippen LogP contribution in [0, 0.1) is 6.92 Å². The molecule has 1 heterocycles. The number of hydrogen-bond acceptors (Lipinski definition) is 2. The molecule has 1 aliphatic rings. The number of aryl methyl sites for hydroxylation is 2. The minimum Gasteiger partial charge on any atom is -0.341 e. The van der Waals surface area contributed by atoms with E-state index in [0.29, 0.717) is 0 Å². The van der Waals surface area contributed by atoms with Crippen LogP contribution < -0.4 is 4.90 Å². The fourth-order valence-corrected chi connectivity index (χ4v) is 3.60. The van der Waals surface area contributed by atoms with Gasteiger partial charge in [0.15, 0.2) is 5.78 Å². The van der Waals surface area contributed by atoms with Crippen LogP contribution in [0.15, 0.2) is 40.9 Å². The van der Waals surface area contributed by atoms with Crippen molar-refractivity contribution in [3.63, 3.8) is 0 Å². The van der Waals surface area contributed by atoms with Gasteiger partial charge in [0.25, 0.3) is 0 Å². The van der Waals surface area contributed by atoms with E-state index in [9.17, 15) is 4.79 Å². The molecule has 21 heavy (non-hydrogen) atoms. The molecule has 0 aliphatic carbocycles. The Morgan fingerprint density at radius 1 is 1.19 bits per heavy atom. The van der Waals surface area contributed by atoms with Crippen LogP contribution in [0.5, 0.6) is 0 Å². The van der Waals surface area contributed by atoms with Gasteiger partial charge in [-0.15, -0.1) is 0 Å². The maximum Gasteiger partial charge on any atom is 0.160 e. The fourth-order valence-electron chi connectivity index (χ4n) is 2.95. The lowest BCUT2D eigenvalue weighted by molar-refractivity contribution is 0.101. The third-order valence-electron chi connectivity index (χ3n) is 4.00. The molecule has 3 heteroatoms. The molecule has 0 bridgehead atoms. The Labute approximate surface area is 133 Å². The number of carbonyl (C=O) groups is 1. The zero-order valence-corrected chi connectivity index (χ0v) is 13.9. The molecule has 108 valence electrons. The van der Waals surface area contributed by atoms with Gasteiger partial charge in [-0.05, 0) is 72.4 Å². The Morgan fingerprint density at radius 2 is 2.00 bits per heavy atom. The molecule has 0 unspecified atom stereocenters. The summed E-state index contributed by atoms with van der Waals surface area (Å²) < 4.78 is 0.867. The molecule has 0 N–H and O–H groups in total. The molecule has 0 saturated heterocycles. The minimum absolute atomic E-state index is 0.0862. The van der Waals surface area contributed by atoms with Crippen LogP contribution in [-0.4, -0.2) is 12.3 Å². The third kappa shape index (κ3) is 2.75. The molecule has 0 fully saturated rings. The Hall–Kier alpha value is -1.61. The highest BCUT2D eigenvalue weighted by Crippen LogP contribution is 2.35. The van der Waals surface area contributed by atoms with Gasteiger partial charge in [-0.1, -0.05) is 17.7 Å². The Morgan fingerprint density at radius 3 is 2.71 bits per heavy atom. The summed E-state index contributed by atoms with van der Waals surface area (Å²) in [7, 11) is 0. The Balaban J connectivity index is 2.03. The van der Waals surface area contributed by atoms with Gasteiger partial charge < -0.3 is 4.90 Å². The summed E-state index contributed by atoms with van der Waals surface area (Å²) in [5.41, 5.74) is 5.88. The smallest absolute Gasteiger partial charge is 0.160 e. The second-order valence-electron chi connectivity index (χ2n) is 5.61. The number of Topliss-reactive ketones (excluding diaryl/α,β-unsaturated/α-hetero) is 1. The first-order valence-electron chi connectivity index (χ1n) is 7.24. The highest BCUT2D eigenvalue weighted by molar-refractivity contribution is 9.10. The predicted molar refractivity (Wildman–Crippen MR) is 90.7 cm³/mol. The highest BCUT2D eigenvalue weighted by Gasteiger charge is 2.19. The van der Waals surface area contributed by atoms with E-state index >= 15 is 0 Å². The van der Waals surface area contributed by atoms with Crippen LogP contribution in [0.25, 0.3) is 0 Å². The monoisotopic (exact) mass is 343 g/mol. The second-order valence-corrected chi connectivity index (χ2v) is 6.46. The van der Waals surface area contributed by atoms with E-state index in [-0.39, 0.29) is 5.78 Å². The average molecular weight is 344 g/mol. The molecule has 0 radical (unpaired) electrons. The molecular weight excluding hydrogens is 326 g/mol. The maximum atomic E-state index is 11.5. The van der Waals surface area contributed by atoms with Gasteiger partial charge in [0, 0.05) is 28.0 Å². The van der Waals surface area contributed by atoms with Crippen molar-refractivity contribution in [3.05, 3.63) is 57.6 Å². The van der Waals surface area contributed by atoms with Gasteiger partial charge in [-0.25, -0.2) is 0 Å². The van der Waals surface area contributed by atoms with Crippen molar-refractivity contribution in [2.24, 2.45) is 0 Å². The zero-order valence-electron chi connectivity index (χ0n) is 12.3. The minimum atomic E-state index is 0.0862. The Bertz CT molecular complexity index is 708. The molecule has 0 aromatic heterocycles. The largest absolute Gasteiger partial charge is 0.341 e. The lowest BCUT2D eigenvalue weighted by Crippen LogP contribution is -2.24. The van der Waals surface area contributed by atoms with Crippen molar-refractivity contribution in [3.8, 4) is 0 Å². The van der Waals surface area contributed by atoms with Crippen LogP contribution in [0.1, 0.15) is 34.8 Å². The topological polar surface area (TPSA) is 20.3 Å². The first-order valence-corrected chi connectivity index (χ1v) is 8.03. The second kappa shape index (κ2) is 5.64. The van der Waals surface area contributed by atoms with Crippen LogP contribution in [-0.2, 0) is 6.42 Å². The van der Waals surface area contributed by atoms with Crippen molar-refractivity contribution >= 4 is 33.1 Å². The molecule has 0 atom stereocenters. The number of ketones is 1. The van der Waals surface area contributed by atoms with E-state index in [0.717, 1.165) is 35.1 Å². The average Bonchev–Trinajstić information content (AvgIpc) is 2.45. The van der Waals surface area contributed by atoms with Gasteiger partial charge >= 0.3 is 0 Å². The molecular formula is C18H18BrNO. The maximum absolute atomic E-state index is 11.5. The number of fused-ring (bicyclic) bond motifs is 1. The van der Waals surface area contributed by atoms with E-state index in [4.69, 9.17) is 0 Å². The van der Waals surface area contributed by atoms with Crippen molar-refractivity contribution in [2.75, 3.05) is 11.4 Å². The molecule has 3 rings (SSSR count). The summed E-state index contributed by atoms with van der Waals surface area (Å²) in [4.78, 5) is 13.9. The summed E-state index contributed by atoms with van der Waals surface area (Å²) in [6, 6.07) is 12.6. The first-order chi connectivity index (χ1) is 10.1. The predicted octanol–water partition coefficient (Wildman–Crippen LogP) is 5.04. The van der Waals surface area contributed by atoms with Crippen molar-refractivity contribution < 1.29 is 4.79 Å². The fraction of sp³-hybridized carbons (Fsp3) is 0.278. The lowest BCUT2D eigenvalue weighted by atomic mass is 9.99. The normalized spacial score (nSPS) is 14.0. The highest BCUT2D eigenvalue weighted by atomic mass is 79.9. The van der Waals surface area contributed by atoms with Gasteiger partial charge in [0.2, 0.25) is 0 Å². The standard InChI is InChI=1S/C18H18BrNO/c1-12-5-8-18-14(10-12)4-3-9-20(18)15-6-7-16(13(2)21)17(19)11-15/h5-8,10-11H,3-4,9H2,1-2H3. The number of carbonyl (C=O) groups excluding carboxylic acids is 1. The van der Waals surface area contributed by atoms with E-state index in [2.05, 4.69) is 46.0 Å². The SMILES string of the molecule is CC(=O)c1ccc(N2CCCc3cc(C)ccc32)cc1Br. The number of benzene rings is 2. The van der Waals surface area contributed by atoms with Crippen LogP contribution in [0.3, 0.4) is 0 Å². The molecule has 1 aliphatic heterocycles. The van der Waals surface area contributed by atoms with Gasteiger partial charge in [-0.3, -0.25) is 4.79 Å². The van der Waals surface area contributed by atoms with E-state index in [1.165, 1.54) is 16.8 Å². The number of anilines is 2. The summed E-state index contributed by atoms with van der Waals surface area (Å²) in [6.45, 7) is 4.75. The van der Waals surface area contributed by atoms with Crippen molar-refractivity contribution in [1.82, 2.24) is 0 Å². The van der Waals surface area contributed by atoms with E-state index < -0.39 is 0 Å². The number of hydrogen-bond donors (Lipinski definition) is 0. The van der Waals surface area contributed by atoms with E-state index in [1.807, 2.05) is 18.2 Å². The van der Waals surface area contributed by atoms with Gasteiger partial charge in [-0.2, -0.15) is 0 Å². The quantitative estimate of drug-likeness (QED) is 0.711. The van der Waals surface area contributed by atoms with Gasteiger partial charge in [0.1, 0.15) is 0 Å². The van der Waals surface area contributed by atoms with Crippen LogP contribution in [0.4, 0.5) is 11.4 Å². The lowest BCUT2D eigenvalue weighted by Gasteiger charge is -2.32. The molecule has 0 spiro atoms. The molecule has 2 aromatic carbocycles. The Kier molecular flexibility index (Phi) is 3.85. The summed E-state index contributed by atoms with van der Waals surface area (Å²) >= 11 is 3.52. The summed E-state index contributed by atoms with van der Waals surface area (Å²) in [5.74, 6) is 0.0862.